The van der Waals surface area contributed by atoms with Crippen LogP contribution in [0.1, 0.15) is 48.2 Å². The van der Waals surface area contributed by atoms with E-state index in [1.165, 1.54) is 24.2 Å². The Hall–Kier alpha value is -1.88. The molecule has 0 unspecified atom stereocenters. The number of hydrogen-bond acceptors (Lipinski definition) is 4. The maximum absolute atomic E-state index is 12.1. The second-order valence-electron chi connectivity index (χ2n) is 5.98. The lowest BCUT2D eigenvalue weighted by atomic mass is 10.1. The van der Waals surface area contributed by atoms with Gasteiger partial charge in [0.05, 0.1) is 0 Å². The Morgan fingerprint density at radius 3 is 2.61 bits per heavy atom. The van der Waals surface area contributed by atoms with Crippen LogP contribution in [0.5, 0.6) is 0 Å². The number of rotatable bonds is 4. The van der Waals surface area contributed by atoms with Crippen molar-refractivity contribution in [2.45, 2.75) is 44.6 Å². The van der Waals surface area contributed by atoms with E-state index in [-0.39, 0.29) is 18.6 Å². The van der Waals surface area contributed by atoms with E-state index in [4.69, 9.17) is 4.74 Å². The molecule has 23 heavy (non-hydrogen) atoms. The lowest BCUT2D eigenvalue weighted by Gasteiger charge is -2.15. The van der Waals surface area contributed by atoms with E-state index in [9.17, 15) is 9.59 Å². The van der Waals surface area contributed by atoms with Crippen LogP contribution in [0.4, 0.5) is 0 Å². The van der Waals surface area contributed by atoms with Gasteiger partial charge in [0.15, 0.2) is 6.61 Å². The van der Waals surface area contributed by atoms with Gasteiger partial charge in [0.1, 0.15) is 4.88 Å². The van der Waals surface area contributed by atoms with Gasteiger partial charge < -0.3 is 10.1 Å². The molecule has 1 aliphatic carbocycles. The average Bonchev–Trinajstić information content (AvgIpc) is 2.83. The molecule has 0 saturated heterocycles. The first kappa shape index (κ1) is 16.0. The van der Waals surface area contributed by atoms with Crippen LogP contribution in [0.3, 0.4) is 0 Å². The molecule has 1 aliphatic rings. The Morgan fingerprint density at radius 1 is 1.13 bits per heavy atom. The summed E-state index contributed by atoms with van der Waals surface area (Å²) < 4.78 is 6.20. The molecular formula is C18H21NO3S. The number of hydrogen-bond donors (Lipinski definition) is 1. The van der Waals surface area contributed by atoms with E-state index >= 15 is 0 Å². The Labute approximate surface area is 139 Å². The van der Waals surface area contributed by atoms with E-state index in [0.29, 0.717) is 4.88 Å². The first-order chi connectivity index (χ1) is 11.2. The number of carbonyl (C=O) groups excluding carboxylic acids is 2. The Kier molecular flexibility index (Phi) is 5.28. The maximum Gasteiger partial charge on any atom is 0.348 e. The summed E-state index contributed by atoms with van der Waals surface area (Å²) in [5.41, 5.74) is 0. The molecule has 1 amide bonds. The fourth-order valence-corrected chi connectivity index (χ4v) is 3.93. The van der Waals surface area contributed by atoms with Crippen molar-refractivity contribution in [3.63, 3.8) is 0 Å². The molecule has 122 valence electrons. The quantitative estimate of drug-likeness (QED) is 0.683. The molecule has 0 aliphatic heterocycles. The number of amides is 1. The Bertz CT molecular complexity index is 653. The molecule has 1 aromatic heterocycles. The lowest BCUT2D eigenvalue weighted by Crippen LogP contribution is -2.37. The molecule has 1 saturated carbocycles. The van der Waals surface area contributed by atoms with Gasteiger partial charge in [-0.05, 0) is 30.4 Å². The highest BCUT2D eigenvalue weighted by Crippen LogP contribution is 2.25. The van der Waals surface area contributed by atoms with Crippen molar-refractivity contribution in [3.8, 4) is 0 Å². The third-order valence-corrected chi connectivity index (χ3v) is 5.28. The first-order valence-electron chi connectivity index (χ1n) is 8.17. The van der Waals surface area contributed by atoms with Crippen molar-refractivity contribution in [2.75, 3.05) is 6.61 Å². The minimum absolute atomic E-state index is 0.202. The average molecular weight is 331 g/mol. The summed E-state index contributed by atoms with van der Waals surface area (Å²) in [6.45, 7) is -0.205. The molecule has 1 aromatic carbocycles. The molecule has 1 N–H and O–H groups in total. The van der Waals surface area contributed by atoms with Crippen LogP contribution in [-0.4, -0.2) is 24.5 Å². The number of esters is 1. The monoisotopic (exact) mass is 331 g/mol. The predicted molar refractivity (Wildman–Crippen MR) is 91.7 cm³/mol. The van der Waals surface area contributed by atoms with Gasteiger partial charge in [-0.25, -0.2) is 4.79 Å². The van der Waals surface area contributed by atoms with Crippen LogP contribution in [0.25, 0.3) is 10.1 Å². The van der Waals surface area contributed by atoms with Gasteiger partial charge in [0.2, 0.25) is 0 Å². The van der Waals surface area contributed by atoms with Gasteiger partial charge in [0.25, 0.3) is 5.91 Å². The molecule has 1 fully saturated rings. The molecule has 2 aromatic rings. The lowest BCUT2D eigenvalue weighted by molar-refractivity contribution is -0.125. The fraction of sp³-hybridized carbons (Fsp3) is 0.444. The van der Waals surface area contributed by atoms with Gasteiger partial charge in [0, 0.05) is 10.7 Å². The number of fused-ring (bicyclic) bond motifs is 1. The summed E-state index contributed by atoms with van der Waals surface area (Å²) in [6, 6.07) is 9.84. The van der Waals surface area contributed by atoms with Gasteiger partial charge in [-0.15, -0.1) is 11.3 Å². The van der Waals surface area contributed by atoms with Crippen LogP contribution in [-0.2, 0) is 9.53 Å². The van der Waals surface area contributed by atoms with Gasteiger partial charge in [-0.3, -0.25) is 4.79 Å². The summed E-state index contributed by atoms with van der Waals surface area (Å²) >= 11 is 1.39. The van der Waals surface area contributed by atoms with Crippen LogP contribution in [0, 0.1) is 0 Å². The van der Waals surface area contributed by atoms with Crippen molar-refractivity contribution >= 4 is 33.3 Å². The van der Waals surface area contributed by atoms with Gasteiger partial charge >= 0.3 is 5.97 Å². The van der Waals surface area contributed by atoms with Crippen molar-refractivity contribution in [1.29, 1.82) is 0 Å². The molecule has 1 heterocycles. The van der Waals surface area contributed by atoms with Crippen molar-refractivity contribution in [3.05, 3.63) is 35.2 Å². The molecule has 0 radical (unpaired) electrons. The summed E-state index contributed by atoms with van der Waals surface area (Å²) in [4.78, 5) is 24.6. The summed E-state index contributed by atoms with van der Waals surface area (Å²) in [7, 11) is 0. The number of benzene rings is 1. The Balaban J connectivity index is 1.50. The van der Waals surface area contributed by atoms with E-state index in [2.05, 4.69) is 5.32 Å². The number of nitrogens with one attached hydrogen (secondary N) is 1. The zero-order valence-corrected chi connectivity index (χ0v) is 13.9. The second kappa shape index (κ2) is 7.59. The van der Waals surface area contributed by atoms with Crippen LogP contribution in [0.15, 0.2) is 30.3 Å². The molecule has 3 rings (SSSR count). The van der Waals surface area contributed by atoms with Crippen molar-refractivity contribution < 1.29 is 14.3 Å². The minimum atomic E-state index is -0.429. The number of thiophene rings is 1. The van der Waals surface area contributed by atoms with Crippen LogP contribution < -0.4 is 5.32 Å². The highest BCUT2D eigenvalue weighted by Gasteiger charge is 2.17. The molecule has 0 bridgehead atoms. The summed E-state index contributed by atoms with van der Waals surface area (Å²) in [6.07, 6.45) is 6.85. The first-order valence-corrected chi connectivity index (χ1v) is 8.99. The standard InChI is InChI=1S/C18H21NO3S/c20-17(19-14-8-3-1-2-4-9-14)12-22-18(21)16-11-13-7-5-6-10-15(13)23-16/h5-7,10-11,14H,1-4,8-9,12H2,(H,19,20). The molecular weight excluding hydrogens is 310 g/mol. The zero-order valence-electron chi connectivity index (χ0n) is 13.0. The molecule has 0 atom stereocenters. The molecule has 0 spiro atoms. The highest BCUT2D eigenvalue weighted by atomic mass is 32.1. The number of carbonyl (C=O) groups is 2. The number of ether oxygens (including phenoxy) is 1. The van der Waals surface area contributed by atoms with Gasteiger partial charge in [-0.1, -0.05) is 43.9 Å². The zero-order chi connectivity index (χ0) is 16.1. The van der Waals surface area contributed by atoms with E-state index in [0.717, 1.165) is 35.8 Å². The molecule has 4 nitrogen and oxygen atoms in total. The SMILES string of the molecule is O=C(COC(=O)c1cc2ccccc2s1)NC1CCCCCC1. The normalized spacial score (nSPS) is 16.0. The van der Waals surface area contributed by atoms with Gasteiger partial charge in [-0.2, -0.15) is 0 Å². The molecule has 5 heteroatoms. The van der Waals surface area contributed by atoms with Crippen molar-refractivity contribution in [2.24, 2.45) is 0 Å². The largest absolute Gasteiger partial charge is 0.451 e. The fourth-order valence-electron chi connectivity index (χ4n) is 2.98. The van der Waals surface area contributed by atoms with E-state index in [1.807, 2.05) is 30.3 Å². The second-order valence-corrected chi connectivity index (χ2v) is 7.06. The van der Waals surface area contributed by atoms with Crippen LogP contribution >= 0.6 is 11.3 Å². The maximum atomic E-state index is 12.1. The highest BCUT2D eigenvalue weighted by molar-refractivity contribution is 7.20. The minimum Gasteiger partial charge on any atom is -0.451 e. The summed E-state index contributed by atoms with van der Waals surface area (Å²) in [5, 5.41) is 4.00. The van der Waals surface area contributed by atoms with Crippen LogP contribution in [0.2, 0.25) is 0 Å². The third-order valence-electron chi connectivity index (χ3n) is 4.18. The predicted octanol–water partition coefficient (Wildman–Crippen LogP) is 3.90. The van der Waals surface area contributed by atoms with E-state index < -0.39 is 5.97 Å². The third kappa shape index (κ3) is 4.32. The summed E-state index contributed by atoms with van der Waals surface area (Å²) in [5.74, 6) is -0.631. The Morgan fingerprint density at radius 2 is 1.87 bits per heavy atom. The van der Waals surface area contributed by atoms with E-state index in [1.54, 1.807) is 0 Å². The van der Waals surface area contributed by atoms with Crippen molar-refractivity contribution in [1.82, 2.24) is 5.32 Å². The topological polar surface area (TPSA) is 55.4 Å². The smallest absolute Gasteiger partial charge is 0.348 e.